The Bertz CT molecular complexity index is 1300. The van der Waals surface area contributed by atoms with E-state index in [2.05, 4.69) is 0 Å². The van der Waals surface area contributed by atoms with E-state index in [0.29, 0.717) is 17.1 Å². The summed E-state index contributed by atoms with van der Waals surface area (Å²) in [4.78, 5) is 13.5. The van der Waals surface area contributed by atoms with Gasteiger partial charge in [-0.05, 0) is 32.1 Å². The molecule has 2 aliphatic heterocycles. The van der Waals surface area contributed by atoms with Crippen LogP contribution in [0.3, 0.4) is 0 Å². The molecule has 0 amide bonds. The van der Waals surface area contributed by atoms with Gasteiger partial charge in [0.2, 0.25) is 5.43 Å². The number of phenols is 1. The van der Waals surface area contributed by atoms with Gasteiger partial charge >= 0.3 is 0 Å². The second-order valence-corrected chi connectivity index (χ2v) is 8.51. The van der Waals surface area contributed by atoms with E-state index in [1.165, 1.54) is 19.2 Å². The minimum Gasteiger partial charge on any atom is -0.507 e. The molecule has 8 nitrogen and oxygen atoms in total. The summed E-state index contributed by atoms with van der Waals surface area (Å²) in [5.41, 5.74) is -0.429. The molecule has 3 atom stereocenters. The Morgan fingerprint density at radius 3 is 2.74 bits per heavy atom. The lowest BCUT2D eigenvalue weighted by Gasteiger charge is -2.22. The molecule has 0 aliphatic carbocycles. The van der Waals surface area contributed by atoms with Gasteiger partial charge in [-0.1, -0.05) is 0 Å². The van der Waals surface area contributed by atoms with E-state index in [9.17, 15) is 20.1 Å². The van der Waals surface area contributed by atoms with E-state index >= 15 is 0 Å². The number of aromatic hydroxyl groups is 1. The van der Waals surface area contributed by atoms with Gasteiger partial charge in [0.05, 0.1) is 36.6 Å². The van der Waals surface area contributed by atoms with Gasteiger partial charge in [0.1, 0.15) is 39.2 Å². The van der Waals surface area contributed by atoms with Gasteiger partial charge in [0, 0.05) is 18.1 Å². The number of hydrogen-bond acceptors (Lipinski definition) is 8. The first-order valence-electron chi connectivity index (χ1n) is 9.92. The van der Waals surface area contributed by atoms with E-state index in [1.54, 1.807) is 26.2 Å². The van der Waals surface area contributed by atoms with Gasteiger partial charge in [-0.15, -0.1) is 0 Å². The molecule has 0 bridgehead atoms. The zero-order chi connectivity index (χ0) is 22.1. The molecule has 0 radical (unpaired) electrons. The van der Waals surface area contributed by atoms with Crippen molar-refractivity contribution in [1.82, 2.24) is 0 Å². The van der Waals surface area contributed by atoms with E-state index in [1.807, 2.05) is 6.08 Å². The molecule has 3 aromatic rings. The zero-order valence-corrected chi connectivity index (χ0v) is 17.2. The largest absolute Gasteiger partial charge is 0.507 e. The van der Waals surface area contributed by atoms with Crippen molar-refractivity contribution in [3.8, 4) is 17.2 Å². The minimum absolute atomic E-state index is 0.0122. The summed E-state index contributed by atoms with van der Waals surface area (Å²) in [5.74, 6) is 0.279. The topological polar surface area (TPSA) is 119 Å². The lowest BCUT2D eigenvalue weighted by Crippen LogP contribution is -2.22. The number of benzene rings is 2. The fourth-order valence-corrected chi connectivity index (χ4v) is 4.39. The van der Waals surface area contributed by atoms with Crippen LogP contribution >= 0.6 is 0 Å². The number of rotatable bonds is 4. The highest BCUT2D eigenvalue weighted by molar-refractivity contribution is 5.98. The Morgan fingerprint density at radius 1 is 1.26 bits per heavy atom. The monoisotopic (exact) mass is 426 g/mol. The predicted molar refractivity (Wildman–Crippen MR) is 111 cm³/mol. The van der Waals surface area contributed by atoms with Gasteiger partial charge in [0.25, 0.3) is 6.29 Å². The second kappa shape index (κ2) is 6.63. The first-order chi connectivity index (χ1) is 14.7. The molecule has 1 aromatic heterocycles. The van der Waals surface area contributed by atoms with E-state index in [0.717, 1.165) is 0 Å². The number of aliphatic hydroxyl groups excluding tert-OH is 1. The number of hydrogen-bond donors (Lipinski definition) is 3. The van der Waals surface area contributed by atoms with Crippen molar-refractivity contribution in [2.24, 2.45) is 0 Å². The summed E-state index contributed by atoms with van der Waals surface area (Å²) in [6, 6.07) is 4.41. The third-order valence-corrected chi connectivity index (χ3v) is 5.70. The van der Waals surface area contributed by atoms with E-state index in [4.69, 9.17) is 18.6 Å². The van der Waals surface area contributed by atoms with Crippen LogP contribution in [0.15, 0.2) is 39.7 Å². The van der Waals surface area contributed by atoms with E-state index < -0.39 is 23.4 Å². The third kappa shape index (κ3) is 2.94. The van der Waals surface area contributed by atoms with Crippen LogP contribution in [0.2, 0.25) is 0 Å². The zero-order valence-electron chi connectivity index (χ0n) is 17.2. The molecule has 31 heavy (non-hydrogen) atoms. The highest BCUT2D eigenvalue weighted by Gasteiger charge is 2.41. The van der Waals surface area contributed by atoms with Crippen LogP contribution in [0.5, 0.6) is 17.2 Å². The number of aliphatic hydroxyl groups is 2. The molecule has 0 saturated carbocycles. The Kier molecular flexibility index (Phi) is 4.22. The van der Waals surface area contributed by atoms with Crippen LogP contribution in [0, 0.1) is 0 Å². The average molecular weight is 426 g/mol. The number of phenolic OH excluding ortho intramolecular Hbond substituents is 1. The lowest BCUT2D eigenvalue weighted by atomic mass is 9.93. The van der Waals surface area contributed by atoms with Crippen LogP contribution < -0.4 is 14.9 Å². The number of methoxy groups -OCH3 is 1. The minimum atomic E-state index is -1.15. The van der Waals surface area contributed by atoms with Crippen molar-refractivity contribution in [1.29, 1.82) is 0 Å². The van der Waals surface area contributed by atoms with Crippen LogP contribution in [-0.2, 0) is 4.74 Å². The molecule has 2 aliphatic rings. The van der Waals surface area contributed by atoms with Crippen LogP contribution in [-0.4, -0.2) is 34.3 Å². The summed E-state index contributed by atoms with van der Waals surface area (Å²) in [6.45, 7) is 3.15. The normalized spacial score (nSPS) is 20.4. The van der Waals surface area contributed by atoms with E-state index in [-0.39, 0.29) is 45.6 Å². The van der Waals surface area contributed by atoms with Crippen molar-refractivity contribution < 1.29 is 33.9 Å². The van der Waals surface area contributed by atoms with Gasteiger partial charge < -0.3 is 33.9 Å². The van der Waals surface area contributed by atoms with Crippen LogP contribution in [0.4, 0.5) is 0 Å². The summed E-state index contributed by atoms with van der Waals surface area (Å²) in [7, 11) is 1.45. The van der Waals surface area contributed by atoms with Crippen LogP contribution in [0.25, 0.3) is 21.9 Å². The first kappa shape index (κ1) is 19.7. The second-order valence-electron chi connectivity index (χ2n) is 8.51. The van der Waals surface area contributed by atoms with Crippen molar-refractivity contribution in [3.63, 3.8) is 0 Å². The van der Waals surface area contributed by atoms with Crippen molar-refractivity contribution in [3.05, 3.63) is 51.9 Å². The molecule has 3 N–H and O–H groups in total. The Hall–Kier alpha value is -3.23. The Labute approximate surface area is 176 Å². The molecule has 0 spiro atoms. The quantitative estimate of drug-likeness (QED) is 0.544. The highest BCUT2D eigenvalue weighted by Crippen LogP contribution is 2.50. The van der Waals surface area contributed by atoms with Crippen molar-refractivity contribution in [2.75, 3.05) is 7.11 Å². The number of ether oxygens (including phenoxy) is 3. The SMILES string of the molecule is COc1c2c(cc3oc4c([C@H](O)CC(C)(C)O)ccc(O)c4c(=O)c13)O[C@H]1OC=C[C@@H]21. The maximum atomic E-state index is 13.5. The molecule has 2 aromatic carbocycles. The molecular formula is C23H22O8. The Morgan fingerprint density at radius 2 is 2.03 bits per heavy atom. The van der Waals surface area contributed by atoms with Gasteiger partial charge in [-0.2, -0.15) is 0 Å². The van der Waals surface area contributed by atoms with Crippen molar-refractivity contribution >= 4 is 21.9 Å². The molecule has 8 heteroatoms. The maximum Gasteiger partial charge on any atom is 0.250 e. The van der Waals surface area contributed by atoms with Gasteiger partial charge in [-0.3, -0.25) is 4.79 Å². The fourth-order valence-electron chi connectivity index (χ4n) is 4.39. The lowest BCUT2D eigenvalue weighted by molar-refractivity contribution is -0.00482. The molecule has 0 fully saturated rings. The molecule has 3 heterocycles. The van der Waals surface area contributed by atoms with Crippen molar-refractivity contribution in [2.45, 2.75) is 44.2 Å². The molecule has 5 rings (SSSR count). The van der Waals surface area contributed by atoms with Crippen LogP contribution in [0.1, 0.15) is 43.4 Å². The summed E-state index contributed by atoms with van der Waals surface area (Å²) in [5, 5.41) is 31.4. The summed E-state index contributed by atoms with van der Waals surface area (Å²) in [6.07, 6.45) is 1.73. The first-order valence-corrected chi connectivity index (χ1v) is 9.92. The maximum absolute atomic E-state index is 13.5. The molecule has 0 unspecified atom stereocenters. The van der Waals surface area contributed by atoms with Gasteiger partial charge in [-0.25, -0.2) is 0 Å². The molecule has 0 saturated heterocycles. The Balaban J connectivity index is 1.82. The van der Waals surface area contributed by atoms with Gasteiger partial charge in [0.15, 0.2) is 0 Å². The molecule has 162 valence electrons. The average Bonchev–Trinajstić information content (AvgIpc) is 3.26. The summed E-state index contributed by atoms with van der Waals surface area (Å²) < 4.78 is 22.9. The molecular weight excluding hydrogens is 404 g/mol. The smallest absolute Gasteiger partial charge is 0.250 e. The number of fused-ring (bicyclic) bond motifs is 5. The standard InChI is InChI=1S/C23H22O8/c1-23(2,27)9-13(25)10-4-5-12(24)17-19(26)18-15(30-20(10)17)8-14-16(21(18)28-3)11-6-7-29-22(11)31-14/h4-8,11,13,22,24-25,27H,9H2,1-3H3/t11-,13+,22+/m0/s1. The predicted octanol–water partition coefficient (Wildman–Crippen LogP) is 3.20. The fraction of sp³-hybridized carbons (Fsp3) is 0.348. The third-order valence-electron chi connectivity index (χ3n) is 5.70. The highest BCUT2D eigenvalue weighted by atomic mass is 16.7. The summed E-state index contributed by atoms with van der Waals surface area (Å²) >= 11 is 0.